The average molecular weight is 439 g/mol. The summed E-state index contributed by atoms with van der Waals surface area (Å²) >= 11 is 7.12. The molecule has 0 aliphatic rings. The zero-order chi connectivity index (χ0) is 16.1. The topological polar surface area (TPSA) is 75.7 Å². The van der Waals surface area contributed by atoms with E-state index in [0.717, 1.165) is 25.8 Å². The third kappa shape index (κ3) is 4.29. The SMILES string of the molecule is Brc1cc(CNc2nn[nH]n2)cc(Br)c1OCc1ccccc1. The van der Waals surface area contributed by atoms with Gasteiger partial charge in [0.15, 0.2) is 0 Å². The molecule has 6 nitrogen and oxygen atoms in total. The lowest BCUT2D eigenvalue weighted by atomic mass is 10.2. The van der Waals surface area contributed by atoms with Crippen LogP contribution in [0.5, 0.6) is 5.75 Å². The normalized spacial score (nSPS) is 10.5. The number of tetrazole rings is 1. The molecule has 0 amide bonds. The fourth-order valence-corrected chi connectivity index (χ4v) is 3.51. The number of nitrogens with one attached hydrogen (secondary N) is 2. The molecule has 8 heteroatoms. The van der Waals surface area contributed by atoms with Crippen molar-refractivity contribution in [3.05, 3.63) is 62.5 Å². The Bertz CT molecular complexity index is 742. The third-order valence-corrected chi connectivity index (χ3v) is 4.26. The van der Waals surface area contributed by atoms with Crippen LogP contribution in [0.25, 0.3) is 0 Å². The smallest absolute Gasteiger partial charge is 0.263 e. The second-order valence-electron chi connectivity index (χ2n) is 4.75. The quantitative estimate of drug-likeness (QED) is 0.610. The van der Waals surface area contributed by atoms with Crippen molar-refractivity contribution < 1.29 is 4.74 Å². The van der Waals surface area contributed by atoms with E-state index in [9.17, 15) is 0 Å². The van der Waals surface area contributed by atoms with E-state index < -0.39 is 0 Å². The van der Waals surface area contributed by atoms with Gasteiger partial charge in [0.2, 0.25) is 0 Å². The molecular weight excluding hydrogens is 426 g/mol. The van der Waals surface area contributed by atoms with Gasteiger partial charge < -0.3 is 10.1 Å². The molecule has 0 radical (unpaired) electrons. The van der Waals surface area contributed by atoms with Crippen LogP contribution in [0.2, 0.25) is 0 Å². The van der Waals surface area contributed by atoms with Crippen molar-refractivity contribution in [2.45, 2.75) is 13.2 Å². The molecule has 0 fully saturated rings. The van der Waals surface area contributed by atoms with E-state index in [-0.39, 0.29) is 0 Å². The van der Waals surface area contributed by atoms with Crippen LogP contribution in [-0.4, -0.2) is 20.6 Å². The lowest BCUT2D eigenvalue weighted by Gasteiger charge is -2.12. The first kappa shape index (κ1) is 15.9. The van der Waals surface area contributed by atoms with E-state index in [1.54, 1.807) is 0 Å². The fourth-order valence-electron chi connectivity index (χ4n) is 2.00. The van der Waals surface area contributed by atoms with Gasteiger partial charge in [0.1, 0.15) is 12.4 Å². The van der Waals surface area contributed by atoms with Gasteiger partial charge in [-0.3, -0.25) is 0 Å². The van der Waals surface area contributed by atoms with Crippen LogP contribution >= 0.6 is 31.9 Å². The maximum Gasteiger partial charge on any atom is 0.263 e. The fraction of sp³-hybridized carbons (Fsp3) is 0.133. The molecule has 0 aliphatic carbocycles. The predicted molar refractivity (Wildman–Crippen MR) is 94.1 cm³/mol. The monoisotopic (exact) mass is 437 g/mol. The summed E-state index contributed by atoms with van der Waals surface area (Å²) in [4.78, 5) is 0. The molecule has 0 saturated carbocycles. The molecule has 0 aliphatic heterocycles. The Kier molecular flexibility index (Phi) is 5.24. The van der Waals surface area contributed by atoms with Crippen LogP contribution in [0, 0.1) is 0 Å². The van der Waals surface area contributed by atoms with Crippen LogP contribution in [0.4, 0.5) is 5.95 Å². The number of H-pyrrole nitrogens is 1. The van der Waals surface area contributed by atoms with Gasteiger partial charge in [0.05, 0.1) is 8.95 Å². The zero-order valence-corrected chi connectivity index (χ0v) is 15.1. The molecule has 1 heterocycles. The minimum absolute atomic E-state index is 0.460. The van der Waals surface area contributed by atoms with E-state index >= 15 is 0 Å². The van der Waals surface area contributed by atoms with Crippen molar-refractivity contribution in [1.82, 2.24) is 20.6 Å². The molecule has 0 saturated heterocycles. The summed E-state index contributed by atoms with van der Waals surface area (Å²) in [6, 6.07) is 14.0. The number of benzene rings is 2. The molecule has 23 heavy (non-hydrogen) atoms. The standard InChI is InChI=1S/C15H13Br2N5O/c16-12-6-11(8-18-15-19-21-22-20-15)7-13(17)14(12)23-9-10-4-2-1-3-5-10/h1-7H,8-9H2,(H2,18,19,20,21,22). The summed E-state index contributed by atoms with van der Waals surface area (Å²) in [5, 5.41) is 16.7. The number of aromatic amines is 1. The van der Waals surface area contributed by atoms with E-state index in [0.29, 0.717) is 19.1 Å². The van der Waals surface area contributed by atoms with Crippen LogP contribution in [0.1, 0.15) is 11.1 Å². The van der Waals surface area contributed by atoms with Crippen LogP contribution in [0.15, 0.2) is 51.4 Å². The summed E-state index contributed by atoms with van der Waals surface area (Å²) < 4.78 is 7.67. The highest BCUT2D eigenvalue weighted by Gasteiger charge is 2.10. The lowest BCUT2D eigenvalue weighted by molar-refractivity contribution is 0.302. The van der Waals surface area contributed by atoms with E-state index in [4.69, 9.17) is 4.74 Å². The summed E-state index contributed by atoms with van der Waals surface area (Å²) in [7, 11) is 0. The number of hydrogen-bond donors (Lipinski definition) is 2. The first-order chi connectivity index (χ1) is 11.2. The van der Waals surface area contributed by atoms with Gasteiger partial charge in [-0.2, -0.15) is 5.21 Å². The second kappa shape index (κ2) is 7.56. The number of anilines is 1. The molecule has 0 unspecified atom stereocenters. The maximum atomic E-state index is 5.91. The summed E-state index contributed by atoms with van der Waals surface area (Å²) in [5.74, 6) is 1.24. The number of ether oxygens (including phenoxy) is 1. The highest BCUT2D eigenvalue weighted by Crippen LogP contribution is 2.35. The summed E-state index contributed by atoms with van der Waals surface area (Å²) in [6.45, 7) is 1.09. The molecule has 0 spiro atoms. The van der Waals surface area contributed by atoms with E-state index in [2.05, 4.69) is 57.8 Å². The van der Waals surface area contributed by atoms with Crippen molar-refractivity contribution in [3.8, 4) is 5.75 Å². The van der Waals surface area contributed by atoms with Crippen LogP contribution in [-0.2, 0) is 13.2 Å². The lowest BCUT2D eigenvalue weighted by Crippen LogP contribution is -2.02. The minimum atomic E-state index is 0.460. The number of rotatable bonds is 6. The van der Waals surface area contributed by atoms with Gasteiger partial charge in [-0.25, -0.2) is 0 Å². The van der Waals surface area contributed by atoms with Crippen molar-refractivity contribution >= 4 is 37.8 Å². The molecule has 3 aromatic rings. The maximum absolute atomic E-state index is 5.91. The van der Waals surface area contributed by atoms with Crippen molar-refractivity contribution in [1.29, 1.82) is 0 Å². The molecule has 0 bridgehead atoms. The Morgan fingerprint density at radius 1 is 1.04 bits per heavy atom. The molecular formula is C15H13Br2N5O. The Hall–Kier alpha value is -1.93. The second-order valence-corrected chi connectivity index (χ2v) is 6.46. The van der Waals surface area contributed by atoms with Gasteiger partial charge in [-0.15, -0.1) is 5.10 Å². The van der Waals surface area contributed by atoms with Gasteiger partial charge in [-0.1, -0.05) is 35.4 Å². The summed E-state index contributed by atoms with van der Waals surface area (Å²) in [5.41, 5.74) is 2.18. The minimum Gasteiger partial charge on any atom is -0.487 e. The Balaban J connectivity index is 1.67. The van der Waals surface area contributed by atoms with Crippen molar-refractivity contribution in [2.75, 3.05) is 5.32 Å². The Morgan fingerprint density at radius 3 is 2.43 bits per heavy atom. The van der Waals surface area contributed by atoms with Crippen LogP contribution < -0.4 is 10.1 Å². The highest BCUT2D eigenvalue weighted by molar-refractivity contribution is 9.11. The van der Waals surface area contributed by atoms with Crippen LogP contribution in [0.3, 0.4) is 0 Å². The van der Waals surface area contributed by atoms with Gasteiger partial charge in [0.25, 0.3) is 5.95 Å². The molecule has 3 rings (SSSR count). The zero-order valence-electron chi connectivity index (χ0n) is 12.0. The average Bonchev–Trinajstić information content (AvgIpc) is 3.06. The molecule has 2 aromatic carbocycles. The van der Waals surface area contributed by atoms with E-state index in [1.807, 2.05) is 42.5 Å². The number of halogens is 2. The molecule has 1 aromatic heterocycles. The first-order valence-electron chi connectivity index (χ1n) is 6.84. The predicted octanol–water partition coefficient (Wildman–Crippen LogP) is 3.92. The number of nitrogens with zero attached hydrogens (tertiary/aromatic N) is 3. The first-order valence-corrected chi connectivity index (χ1v) is 8.43. The molecule has 2 N–H and O–H groups in total. The van der Waals surface area contributed by atoms with Gasteiger partial charge in [-0.05, 0) is 60.3 Å². The van der Waals surface area contributed by atoms with E-state index in [1.165, 1.54) is 0 Å². The number of aromatic nitrogens is 4. The highest BCUT2D eigenvalue weighted by atomic mass is 79.9. The summed E-state index contributed by atoms with van der Waals surface area (Å²) in [6.07, 6.45) is 0. The van der Waals surface area contributed by atoms with Gasteiger partial charge >= 0.3 is 0 Å². The third-order valence-electron chi connectivity index (χ3n) is 3.08. The van der Waals surface area contributed by atoms with Crippen molar-refractivity contribution in [2.24, 2.45) is 0 Å². The van der Waals surface area contributed by atoms with Gasteiger partial charge in [0, 0.05) is 6.54 Å². The Labute approximate surface area is 149 Å². The molecule has 0 atom stereocenters. The number of hydrogen-bond acceptors (Lipinski definition) is 5. The van der Waals surface area contributed by atoms with Crippen molar-refractivity contribution in [3.63, 3.8) is 0 Å². The molecule has 118 valence electrons. The Morgan fingerprint density at radius 2 is 1.78 bits per heavy atom. The largest absolute Gasteiger partial charge is 0.487 e.